The molecule has 1 N–H and O–H groups in total. The molecule has 4 heteroatoms. The first-order chi connectivity index (χ1) is 5.35. The van der Waals surface area contributed by atoms with Crippen molar-refractivity contribution in [1.82, 2.24) is 4.90 Å². The van der Waals surface area contributed by atoms with Crippen LogP contribution in [0.3, 0.4) is 0 Å². The first-order valence-electron chi connectivity index (χ1n) is 4.26. The van der Waals surface area contributed by atoms with E-state index in [0.717, 1.165) is 6.54 Å². The number of hydrogen-bond acceptors (Lipinski definition) is 3. The minimum absolute atomic E-state index is 0. The average Bonchev–Trinajstić information content (AvgIpc) is 2.28. The SMILES string of the molecule is Cl.ON=CC12CCCN(CC1)C2. The topological polar surface area (TPSA) is 35.8 Å². The largest absolute Gasteiger partial charge is 0.411 e. The van der Waals surface area contributed by atoms with Gasteiger partial charge in [-0.3, -0.25) is 0 Å². The van der Waals surface area contributed by atoms with Crippen LogP contribution in [0.1, 0.15) is 19.3 Å². The number of oxime groups is 1. The number of hydrogen-bond donors (Lipinski definition) is 1. The van der Waals surface area contributed by atoms with Crippen LogP contribution in [-0.2, 0) is 0 Å². The lowest BCUT2D eigenvalue weighted by Crippen LogP contribution is -2.34. The summed E-state index contributed by atoms with van der Waals surface area (Å²) in [6.45, 7) is 3.53. The van der Waals surface area contributed by atoms with Crippen molar-refractivity contribution in [3.63, 3.8) is 0 Å². The molecule has 3 nitrogen and oxygen atoms in total. The Balaban J connectivity index is 0.000000720. The summed E-state index contributed by atoms with van der Waals surface area (Å²) in [6, 6.07) is 0. The second-order valence-corrected chi connectivity index (χ2v) is 3.74. The molecule has 2 bridgehead atoms. The van der Waals surface area contributed by atoms with Gasteiger partial charge in [-0.1, -0.05) is 0 Å². The summed E-state index contributed by atoms with van der Waals surface area (Å²) < 4.78 is 0. The molecule has 70 valence electrons. The summed E-state index contributed by atoms with van der Waals surface area (Å²) in [5.74, 6) is 0. The molecule has 12 heavy (non-hydrogen) atoms. The third kappa shape index (κ3) is 1.57. The third-order valence-corrected chi connectivity index (χ3v) is 2.95. The number of piperidine rings is 1. The second-order valence-electron chi connectivity index (χ2n) is 3.74. The highest BCUT2D eigenvalue weighted by molar-refractivity contribution is 5.85. The zero-order valence-corrected chi connectivity index (χ0v) is 7.89. The van der Waals surface area contributed by atoms with Crippen LogP contribution in [0.5, 0.6) is 0 Å². The molecule has 0 aliphatic carbocycles. The van der Waals surface area contributed by atoms with E-state index in [1.165, 1.54) is 32.4 Å². The summed E-state index contributed by atoms with van der Waals surface area (Å²) in [4.78, 5) is 2.45. The molecule has 0 saturated carbocycles. The van der Waals surface area contributed by atoms with Crippen molar-refractivity contribution in [3.8, 4) is 0 Å². The summed E-state index contributed by atoms with van der Waals surface area (Å²) in [6.07, 6.45) is 5.38. The Morgan fingerprint density at radius 2 is 2.17 bits per heavy atom. The van der Waals surface area contributed by atoms with Crippen molar-refractivity contribution >= 4 is 18.6 Å². The van der Waals surface area contributed by atoms with Crippen LogP contribution < -0.4 is 0 Å². The summed E-state index contributed by atoms with van der Waals surface area (Å²) in [7, 11) is 0. The predicted molar refractivity (Wildman–Crippen MR) is 50.3 cm³/mol. The fraction of sp³-hybridized carbons (Fsp3) is 0.875. The molecule has 2 aliphatic rings. The van der Waals surface area contributed by atoms with Gasteiger partial charge in [-0.25, -0.2) is 0 Å². The van der Waals surface area contributed by atoms with Gasteiger partial charge in [-0.05, 0) is 32.4 Å². The lowest BCUT2D eigenvalue weighted by molar-refractivity contribution is 0.235. The molecular formula is C8H15ClN2O. The zero-order chi connectivity index (χ0) is 7.73. The number of fused-ring (bicyclic) bond motifs is 2. The van der Waals surface area contributed by atoms with Crippen LogP contribution >= 0.6 is 12.4 Å². The maximum Gasteiger partial charge on any atom is 0.0511 e. The molecule has 0 aromatic rings. The van der Waals surface area contributed by atoms with E-state index in [9.17, 15) is 0 Å². The fourth-order valence-corrected chi connectivity index (χ4v) is 2.33. The molecule has 2 heterocycles. The van der Waals surface area contributed by atoms with Crippen LogP contribution in [-0.4, -0.2) is 36.0 Å². The van der Waals surface area contributed by atoms with Gasteiger partial charge in [-0.2, -0.15) is 0 Å². The van der Waals surface area contributed by atoms with Crippen LogP contribution in [0.25, 0.3) is 0 Å². The highest BCUT2D eigenvalue weighted by Crippen LogP contribution is 2.37. The summed E-state index contributed by atoms with van der Waals surface area (Å²) in [5.41, 5.74) is 0.229. The Kier molecular flexibility index (Phi) is 2.96. The number of rotatable bonds is 1. The lowest BCUT2D eigenvalue weighted by atomic mass is 9.82. The first kappa shape index (κ1) is 9.81. The van der Waals surface area contributed by atoms with E-state index < -0.39 is 0 Å². The van der Waals surface area contributed by atoms with Crippen molar-refractivity contribution in [2.75, 3.05) is 19.6 Å². The van der Waals surface area contributed by atoms with Gasteiger partial charge in [0.2, 0.25) is 0 Å². The highest BCUT2D eigenvalue weighted by atomic mass is 35.5. The molecule has 2 atom stereocenters. The van der Waals surface area contributed by atoms with Crippen molar-refractivity contribution < 1.29 is 5.21 Å². The van der Waals surface area contributed by atoms with E-state index in [0.29, 0.717) is 0 Å². The Morgan fingerprint density at radius 1 is 1.33 bits per heavy atom. The maximum absolute atomic E-state index is 8.48. The Labute approximate surface area is 78.8 Å². The van der Waals surface area contributed by atoms with E-state index in [1.807, 2.05) is 0 Å². The second kappa shape index (κ2) is 3.62. The van der Waals surface area contributed by atoms with E-state index in [-0.39, 0.29) is 17.8 Å². The van der Waals surface area contributed by atoms with Gasteiger partial charge in [0.1, 0.15) is 0 Å². The molecule has 0 aromatic heterocycles. The molecule has 0 amide bonds. The van der Waals surface area contributed by atoms with Crippen LogP contribution in [0, 0.1) is 5.41 Å². The van der Waals surface area contributed by atoms with E-state index in [2.05, 4.69) is 10.1 Å². The van der Waals surface area contributed by atoms with Crippen LogP contribution in [0.15, 0.2) is 5.16 Å². The quantitative estimate of drug-likeness (QED) is 0.385. The summed E-state index contributed by atoms with van der Waals surface area (Å²) >= 11 is 0. The van der Waals surface area contributed by atoms with Crippen molar-refractivity contribution in [2.45, 2.75) is 19.3 Å². The van der Waals surface area contributed by atoms with E-state index in [4.69, 9.17) is 5.21 Å². The normalized spacial score (nSPS) is 39.8. The van der Waals surface area contributed by atoms with Crippen LogP contribution in [0.2, 0.25) is 0 Å². The van der Waals surface area contributed by atoms with Crippen molar-refractivity contribution in [1.29, 1.82) is 0 Å². The zero-order valence-electron chi connectivity index (χ0n) is 7.07. The van der Waals surface area contributed by atoms with E-state index in [1.54, 1.807) is 6.21 Å². The van der Waals surface area contributed by atoms with Gasteiger partial charge >= 0.3 is 0 Å². The van der Waals surface area contributed by atoms with Gasteiger partial charge in [-0.15, -0.1) is 17.6 Å². The summed E-state index contributed by atoms with van der Waals surface area (Å²) in [5, 5.41) is 11.7. The predicted octanol–water partition coefficient (Wildman–Crippen LogP) is 1.35. The minimum Gasteiger partial charge on any atom is -0.411 e. The molecule has 0 aromatic carbocycles. The molecular weight excluding hydrogens is 176 g/mol. The number of halogens is 1. The van der Waals surface area contributed by atoms with Crippen molar-refractivity contribution in [3.05, 3.63) is 0 Å². The first-order valence-corrected chi connectivity index (χ1v) is 4.26. The Bertz CT molecular complexity index is 182. The average molecular weight is 191 g/mol. The Morgan fingerprint density at radius 3 is 2.92 bits per heavy atom. The fourth-order valence-electron chi connectivity index (χ4n) is 2.33. The monoisotopic (exact) mass is 190 g/mol. The maximum atomic E-state index is 8.48. The Hall–Kier alpha value is -0.280. The third-order valence-electron chi connectivity index (χ3n) is 2.95. The van der Waals surface area contributed by atoms with Gasteiger partial charge in [0, 0.05) is 12.0 Å². The molecule has 0 radical (unpaired) electrons. The molecule has 2 unspecified atom stereocenters. The van der Waals surface area contributed by atoms with Gasteiger partial charge < -0.3 is 10.1 Å². The molecule has 2 rings (SSSR count). The van der Waals surface area contributed by atoms with Crippen LogP contribution in [0.4, 0.5) is 0 Å². The highest BCUT2D eigenvalue weighted by Gasteiger charge is 2.39. The molecule has 2 saturated heterocycles. The standard InChI is InChI=1S/C8H14N2O.ClH/c11-9-6-8-2-1-4-10(7-8)5-3-8;/h6,11H,1-5,7H2;1H. The molecule has 2 aliphatic heterocycles. The smallest absolute Gasteiger partial charge is 0.0511 e. The minimum atomic E-state index is 0. The lowest BCUT2D eigenvalue weighted by Gasteiger charge is -2.29. The molecule has 0 spiro atoms. The molecule has 2 fully saturated rings. The van der Waals surface area contributed by atoms with Gasteiger partial charge in [0.25, 0.3) is 0 Å². The van der Waals surface area contributed by atoms with Gasteiger partial charge in [0.05, 0.1) is 6.21 Å². The van der Waals surface area contributed by atoms with Crippen molar-refractivity contribution in [2.24, 2.45) is 10.6 Å². The number of nitrogens with zero attached hydrogens (tertiary/aromatic N) is 2. The van der Waals surface area contributed by atoms with Gasteiger partial charge in [0.15, 0.2) is 0 Å². The van der Waals surface area contributed by atoms with E-state index >= 15 is 0 Å².